The van der Waals surface area contributed by atoms with Gasteiger partial charge < -0.3 is 5.11 Å². The summed E-state index contributed by atoms with van der Waals surface area (Å²) in [6.07, 6.45) is 1.87. The van der Waals surface area contributed by atoms with Crippen LogP contribution < -0.4 is 0 Å². The van der Waals surface area contributed by atoms with Crippen LogP contribution in [-0.2, 0) is 12.8 Å². The molecule has 0 aliphatic carbocycles. The van der Waals surface area contributed by atoms with Gasteiger partial charge in [0, 0.05) is 6.61 Å². The van der Waals surface area contributed by atoms with Crippen molar-refractivity contribution < 1.29 is 5.11 Å². The highest BCUT2D eigenvalue weighted by Gasteiger charge is 2.09. The number of benzene rings is 2. The molecule has 0 fully saturated rings. The SMILES string of the molecule is Cc1cccc(CC(CO)Cc2ccccc2)c1. The molecule has 2 aromatic carbocycles. The molecule has 1 atom stereocenters. The van der Waals surface area contributed by atoms with Gasteiger partial charge in [-0.05, 0) is 36.8 Å². The summed E-state index contributed by atoms with van der Waals surface area (Å²) < 4.78 is 0. The summed E-state index contributed by atoms with van der Waals surface area (Å²) in [5, 5.41) is 9.52. The molecule has 0 bridgehead atoms. The molecule has 0 aromatic heterocycles. The molecule has 1 unspecified atom stereocenters. The van der Waals surface area contributed by atoms with Crippen LogP contribution in [0.15, 0.2) is 54.6 Å². The van der Waals surface area contributed by atoms with Crippen LogP contribution in [0.3, 0.4) is 0 Å². The number of aryl methyl sites for hydroxylation is 1. The summed E-state index contributed by atoms with van der Waals surface area (Å²) in [6.45, 7) is 2.34. The molecule has 0 saturated carbocycles. The highest BCUT2D eigenvalue weighted by atomic mass is 16.3. The number of hydrogen-bond donors (Lipinski definition) is 1. The Morgan fingerprint density at radius 3 is 2.22 bits per heavy atom. The Bertz CT molecular complexity index is 476. The van der Waals surface area contributed by atoms with Gasteiger partial charge in [0.05, 0.1) is 0 Å². The molecular weight excluding hydrogens is 220 g/mol. The third kappa shape index (κ3) is 3.71. The maximum atomic E-state index is 9.52. The molecule has 2 aromatic rings. The lowest BCUT2D eigenvalue weighted by Gasteiger charge is -2.14. The third-order valence-electron chi connectivity index (χ3n) is 3.23. The minimum absolute atomic E-state index is 0.239. The van der Waals surface area contributed by atoms with Crippen LogP contribution in [0.1, 0.15) is 16.7 Å². The monoisotopic (exact) mass is 240 g/mol. The summed E-state index contributed by atoms with van der Waals surface area (Å²) in [7, 11) is 0. The maximum absolute atomic E-state index is 9.52. The van der Waals surface area contributed by atoms with E-state index in [0.717, 1.165) is 12.8 Å². The molecule has 1 heteroatoms. The highest BCUT2D eigenvalue weighted by Crippen LogP contribution is 2.15. The van der Waals surface area contributed by atoms with Crippen LogP contribution in [0, 0.1) is 12.8 Å². The van der Waals surface area contributed by atoms with Crippen LogP contribution in [0.4, 0.5) is 0 Å². The molecule has 18 heavy (non-hydrogen) atoms. The first-order valence-electron chi connectivity index (χ1n) is 6.48. The summed E-state index contributed by atoms with van der Waals surface area (Å²) in [5.41, 5.74) is 3.89. The molecule has 1 N–H and O–H groups in total. The lowest BCUT2D eigenvalue weighted by Crippen LogP contribution is -2.13. The minimum atomic E-state index is 0.239. The van der Waals surface area contributed by atoms with Gasteiger partial charge in [0.15, 0.2) is 0 Å². The first kappa shape index (κ1) is 12.8. The lowest BCUT2D eigenvalue weighted by atomic mass is 9.93. The first-order valence-corrected chi connectivity index (χ1v) is 6.48. The predicted octanol–water partition coefficient (Wildman–Crippen LogP) is 3.39. The van der Waals surface area contributed by atoms with E-state index in [4.69, 9.17) is 0 Å². The smallest absolute Gasteiger partial charge is 0.0465 e. The maximum Gasteiger partial charge on any atom is 0.0465 e. The second-order valence-corrected chi connectivity index (χ2v) is 4.93. The van der Waals surface area contributed by atoms with Gasteiger partial charge in [0.25, 0.3) is 0 Å². The van der Waals surface area contributed by atoms with E-state index in [1.165, 1.54) is 16.7 Å². The average Bonchev–Trinajstić information content (AvgIpc) is 2.39. The second-order valence-electron chi connectivity index (χ2n) is 4.93. The zero-order valence-corrected chi connectivity index (χ0v) is 10.8. The van der Waals surface area contributed by atoms with Gasteiger partial charge in [0.1, 0.15) is 0 Å². The van der Waals surface area contributed by atoms with E-state index in [0.29, 0.717) is 5.92 Å². The van der Waals surface area contributed by atoms with Crippen LogP contribution in [0.25, 0.3) is 0 Å². The van der Waals surface area contributed by atoms with E-state index in [1.54, 1.807) is 0 Å². The quantitative estimate of drug-likeness (QED) is 0.849. The van der Waals surface area contributed by atoms with Gasteiger partial charge in [-0.25, -0.2) is 0 Å². The largest absolute Gasteiger partial charge is 0.396 e. The first-order chi connectivity index (χ1) is 8.78. The van der Waals surface area contributed by atoms with Gasteiger partial charge in [-0.2, -0.15) is 0 Å². The van der Waals surface area contributed by atoms with Gasteiger partial charge in [0.2, 0.25) is 0 Å². The van der Waals surface area contributed by atoms with Crippen molar-refractivity contribution in [2.45, 2.75) is 19.8 Å². The number of aliphatic hydroxyl groups is 1. The van der Waals surface area contributed by atoms with Crippen molar-refractivity contribution in [3.05, 3.63) is 71.3 Å². The molecule has 0 radical (unpaired) electrons. The van der Waals surface area contributed by atoms with Crippen molar-refractivity contribution in [3.8, 4) is 0 Å². The molecular formula is C17H20O. The Balaban J connectivity index is 2.01. The van der Waals surface area contributed by atoms with Crippen molar-refractivity contribution >= 4 is 0 Å². The molecule has 1 nitrogen and oxygen atoms in total. The van der Waals surface area contributed by atoms with Crippen LogP contribution in [-0.4, -0.2) is 11.7 Å². The average molecular weight is 240 g/mol. The second kappa shape index (κ2) is 6.36. The minimum Gasteiger partial charge on any atom is -0.396 e. The van der Waals surface area contributed by atoms with E-state index in [9.17, 15) is 5.11 Å². The van der Waals surface area contributed by atoms with Crippen LogP contribution in [0.2, 0.25) is 0 Å². The summed E-state index contributed by atoms with van der Waals surface area (Å²) in [5.74, 6) is 0.300. The van der Waals surface area contributed by atoms with Crippen LogP contribution >= 0.6 is 0 Å². The van der Waals surface area contributed by atoms with E-state index >= 15 is 0 Å². The molecule has 0 spiro atoms. The molecule has 0 aliphatic heterocycles. The number of aliphatic hydroxyl groups excluding tert-OH is 1. The number of rotatable bonds is 5. The Morgan fingerprint density at radius 1 is 0.889 bits per heavy atom. The van der Waals surface area contributed by atoms with Crippen molar-refractivity contribution in [2.75, 3.05) is 6.61 Å². The van der Waals surface area contributed by atoms with Gasteiger partial charge in [-0.15, -0.1) is 0 Å². The fourth-order valence-corrected chi connectivity index (χ4v) is 2.32. The fraction of sp³-hybridized carbons (Fsp3) is 0.294. The van der Waals surface area contributed by atoms with Crippen molar-refractivity contribution in [2.24, 2.45) is 5.92 Å². The molecule has 0 saturated heterocycles. The van der Waals surface area contributed by atoms with Gasteiger partial charge in [-0.1, -0.05) is 60.2 Å². The predicted molar refractivity (Wildman–Crippen MR) is 75.6 cm³/mol. The Labute approximate surface area is 109 Å². The highest BCUT2D eigenvalue weighted by molar-refractivity contribution is 5.23. The zero-order valence-electron chi connectivity index (χ0n) is 10.8. The Hall–Kier alpha value is -1.60. The van der Waals surface area contributed by atoms with E-state index in [1.807, 2.05) is 6.07 Å². The molecule has 2 rings (SSSR count). The molecule has 0 heterocycles. The van der Waals surface area contributed by atoms with Crippen molar-refractivity contribution in [3.63, 3.8) is 0 Å². The zero-order chi connectivity index (χ0) is 12.8. The standard InChI is InChI=1S/C17H20O/c1-14-6-5-9-16(10-14)12-17(13-18)11-15-7-3-2-4-8-15/h2-10,17-18H,11-13H2,1H3. The summed E-state index contributed by atoms with van der Waals surface area (Å²) >= 11 is 0. The van der Waals surface area contributed by atoms with E-state index in [-0.39, 0.29) is 6.61 Å². The molecule has 0 amide bonds. The molecule has 94 valence electrons. The summed E-state index contributed by atoms with van der Waals surface area (Å²) in [4.78, 5) is 0. The van der Waals surface area contributed by atoms with Gasteiger partial charge in [-0.3, -0.25) is 0 Å². The summed E-state index contributed by atoms with van der Waals surface area (Å²) in [6, 6.07) is 18.9. The Morgan fingerprint density at radius 2 is 1.56 bits per heavy atom. The number of hydrogen-bond acceptors (Lipinski definition) is 1. The topological polar surface area (TPSA) is 20.2 Å². The van der Waals surface area contributed by atoms with E-state index in [2.05, 4.69) is 55.5 Å². The van der Waals surface area contributed by atoms with Crippen molar-refractivity contribution in [1.82, 2.24) is 0 Å². The van der Waals surface area contributed by atoms with E-state index < -0.39 is 0 Å². The third-order valence-corrected chi connectivity index (χ3v) is 3.23. The van der Waals surface area contributed by atoms with Gasteiger partial charge >= 0.3 is 0 Å². The normalized spacial score (nSPS) is 12.3. The molecule has 0 aliphatic rings. The van der Waals surface area contributed by atoms with Crippen molar-refractivity contribution in [1.29, 1.82) is 0 Å². The Kier molecular flexibility index (Phi) is 4.54. The van der Waals surface area contributed by atoms with Crippen LogP contribution in [0.5, 0.6) is 0 Å². The lowest BCUT2D eigenvalue weighted by molar-refractivity contribution is 0.225. The fourth-order valence-electron chi connectivity index (χ4n) is 2.32.